The Morgan fingerprint density at radius 1 is 0.448 bits per heavy atom. The van der Waals surface area contributed by atoms with Gasteiger partial charge in [0.25, 0.3) is 0 Å². The minimum atomic E-state index is -4.37. The predicted octanol–water partition coefficient (Wildman–Crippen LogP) is 17.7. The van der Waals surface area contributed by atoms with Crippen LogP contribution in [0.2, 0.25) is 0 Å². The van der Waals surface area contributed by atoms with Gasteiger partial charge in [-0.2, -0.15) is 0 Å². The van der Waals surface area contributed by atoms with Crippen LogP contribution in [-0.2, 0) is 32.7 Å². The number of nitrogens with zero attached hydrogens (tertiary/aromatic N) is 1. The van der Waals surface area contributed by atoms with Crippen molar-refractivity contribution >= 4 is 19.8 Å². The molecule has 0 radical (unpaired) electrons. The molecular formula is C57H113NO8P+. The Balaban J connectivity index is 3.86. The highest BCUT2D eigenvalue weighted by molar-refractivity contribution is 7.47. The number of hydrogen-bond acceptors (Lipinski definition) is 7. The fourth-order valence-electron chi connectivity index (χ4n) is 8.55. The average Bonchev–Trinajstić information content (AvgIpc) is 3.29. The molecule has 398 valence electrons. The molecule has 0 fully saturated rings. The molecule has 0 aliphatic heterocycles. The highest BCUT2D eigenvalue weighted by Crippen LogP contribution is 2.43. The van der Waals surface area contributed by atoms with E-state index in [4.69, 9.17) is 18.5 Å². The maximum Gasteiger partial charge on any atom is 0.472 e. The summed E-state index contributed by atoms with van der Waals surface area (Å²) in [4.78, 5) is 35.4. The van der Waals surface area contributed by atoms with E-state index in [1.807, 2.05) is 21.1 Å². The van der Waals surface area contributed by atoms with Gasteiger partial charge >= 0.3 is 19.8 Å². The van der Waals surface area contributed by atoms with E-state index in [0.717, 1.165) is 57.8 Å². The quantitative estimate of drug-likeness (QED) is 0.0211. The number of carbonyl (C=O) groups excluding carboxylic acids is 2. The van der Waals surface area contributed by atoms with Crippen LogP contribution < -0.4 is 0 Å². The fraction of sp³-hybridized carbons (Fsp3) is 0.930. The summed E-state index contributed by atoms with van der Waals surface area (Å²) in [6.07, 6.45) is 57.5. The molecule has 0 spiro atoms. The number of likely N-dealkylation sites (N-methyl/N-ethyl adjacent to an activating group) is 1. The number of unbranched alkanes of at least 4 members (excludes halogenated alkanes) is 38. The molecule has 0 aromatic rings. The van der Waals surface area contributed by atoms with Crippen molar-refractivity contribution in [3.8, 4) is 0 Å². The largest absolute Gasteiger partial charge is 0.472 e. The molecule has 1 N–H and O–H groups in total. The van der Waals surface area contributed by atoms with Gasteiger partial charge in [0.2, 0.25) is 0 Å². The molecule has 2 atom stereocenters. The van der Waals surface area contributed by atoms with Crippen molar-refractivity contribution in [3.63, 3.8) is 0 Å². The molecule has 0 saturated heterocycles. The highest BCUT2D eigenvalue weighted by atomic mass is 31.2. The molecule has 0 heterocycles. The number of quaternary nitrogens is 1. The van der Waals surface area contributed by atoms with E-state index in [1.54, 1.807) is 0 Å². The van der Waals surface area contributed by atoms with Crippen molar-refractivity contribution in [1.29, 1.82) is 0 Å². The first-order chi connectivity index (χ1) is 32.5. The van der Waals surface area contributed by atoms with Gasteiger partial charge in [-0.15, -0.1) is 0 Å². The van der Waals surface area contributed by atoms with Gasteiger partial charge in [0.1, 0.15) is 19.8 Å². The van der Waals surface area contributed by atoms with E-state index in [9.17, 15) is 19.0 Å². The Hall–Kier alpha value is -1.25. The van der Waals surface area contributed by atoms with Crippen LogP contribution in [-0.4, -0.2) is 74.9 Å². The molecule has 2 unspecified atom stereocenters. The number of carbonyl (C=O) groups is 2. The molecule has 0 bridgehead atoms. The first-order valence-corrected chi connectivity index (χ1v) is 30.4. The van der Waals surface area contributed by atoms with Gasteiger partial charge in [0.05, 0.1) is 27.7 Å². The summed E-state index contributed by atoms with van der Waals surface area (Å²) in [5.74, 6) is -0.796. The SMILES string of the molecule is CCC/C=C\CCCCCCCC(=O)OC(COC(=O)CCCCCCCCCCCCCCCCCCCCCCCCCCCCCCCCCCC)COP(=O)(O)OCC[N+](C)(C)C. The molecular weight excluding hydrogens is 858 g/mol. The molecule has 0 aromatic carbocycles. The lowest BCUT2D eigenvalue weighted by Crippen LogP contribution is -2.37. The summed E-state index contributed by atoms with van der Waals surface area (Å²) in [6, 6.07) is 0. The number of allylic oxidation sites excluding steroid dienone is 2. The monoisotopic (exact) mass is 971 g/mol. The second-order valence-corrected chi connectivity index (χ2v) is 22.5. The molecule has 9 nitrogen and oxygen atoms in total. The second kappa shape index (κ2) is 49.7. The van der Waals surface area contributed by atoms with Crippen LogP contribution in [0.3, 0.4) is 0 Å². The Labute approximate surface area is 416 Å². The molecule has 0 aliphatic carbocycles. The number of esters is 2. The van der Waals surface area contributed by atoms with E-state index in [-0.39, 0.29) is 25.6 Å². The van der Waals surface area contributed by atoms with E-state index >= 15 is 0 Å². The summed E-state index contributed by atoms with van der Waals surface area (Å²) in [7, 11) is 1.48. The number of phosphoric ester groups is 1. The van der Waals surface area contributed by atoms with Crippen LogP contribution in [0.1, 0.15) is 290 Å². The zero-order valence-electron chi connectivity index (χ0n) is 45.2. The van der Waals surface area contributed by atoms with Crippen LogP contribution in [0.25, 0.3) is 0 Å². The van der Waals surface area contributed by atoms with Crippen molar-refractivity contribution in [1.82, 2.24) is 0 Å². The molecule has 0 saturated carbocycles. The first kappa shape index (κ1) is 65.8. The van der Waals surface area contributed by atoms with Gasteiger partial charge in [-0.3, -0.25) is 18.6 Å². The maximum atomic E-state index is 12.7. The van der Waals surface area contributed by atoms with Crippen molar-refractivity contribution in [2.75, 3.05) is 47.5 Å². The van der Waals surface area contributed by atoms with Gasteiger partial charge in [-0.25, -0.2) is 4.57 Å². The van der Waals surface area contributed by atoms with Crippen LogP contribution in [0.15, 0.2) is 12.2 Å². The Kier molecular flexibility index (Phi) is 48.8. The molecule has 0 aromatic heterocycles. The minimum Gasteiger partial charge on any atom is -0.462 e. The zero-order valence-corrected chi connectivity index (χ0v) is 46.1. The molecule has 67 heavy (non-hydrogen) atoms. The van der Waals surface area contributed by atoms with Crippen molar-refractivity contribution in [2.45, 2.75) is 296 Å². The van der Waals surface area contributed by atoms with E-state index < -0.39 is 26.5 Å². The Morgan fingerprint density at radius 3 is 1.16 bits per heavy atom. The number of rotatable bonds is 54. The smallest absolute Gasteiger partial charge is 0.462 e. The van der Waals surface area contributed by atoms with Gasteiger partial charge in [0.15, 0.2) is 6.10 Å². The topological polar surface area (TPSA) is 108 Å². The number of ether oxygens (including phenoxy) is 2. The van der Waals surface area contributed by atoms with E-state index in [2.05, 4.69) is 26.0 Å². The van der Waals surface area contributed by atoms with Gasteiger partial charge in [0, 0.05) is 12.8 Å². The second-order valence-electron chi connectivity index (χ2n) is 21.0. The Morgan fingerprint density at radius 2 is 0.791 bits per heavy atom. The van der Waals surface area contributed by atoms with Gasteiger partial charge in [-0.05, 0) is 32.1 Å². The lowest BCUT2D eigenvalue weighted by molar-refractivity contribution is -0.870. The molecule has 0 amide bonds. The van der Waals surface area contributed by atoms with E-state index in [0.29, 0.717) is 23.9 Å². The minimum absolute atomic E-state index is 0.0332. The third-order valence-corrected chi connectivity index (χ3v) is 14.0. The number of hydrogen-bond donors (Lipinski definition) is 1. The normalized spacial score (nSPS) is 13.3. The number of phosphoric acid groups is 1. The molecule has 0 aliphatic rings. The summed E-state index contributed by atoms with van der Waals surface area (Å²) >= 11 is 0. The van der Waals surface area contributed by atoms with E-state index in [1.165, 1.54) is 199 Å². The van der Waals surface area contributed by atoms with Crippen molar-refractivity contribution in [3.05, 3.63) is 12.2 Å². The van der Waals surface area contributed by atoms with Crippen LogP contribution in [0, 0.1) is 0 Å². The average molecular weight is 972 g/mol. The third kappa shape index (κ3) is 53.9. The Bertz CT molecular complexity index is 1140. The lowest BCUT2D eigenvalue weighted by Gasteiger charge is -2.24. The predicted molar refractivity (Wildman–Crippen MR) is 284 cm³/mol. The van der Waals surface area contributed by atoms with Gasteiger partial charge in [-0.1, -0.05) is 257 Å². The molecule has 10 heteroatoms. The summed E-state index contributed by atoms with van der Waals surface area (Å²) in [5, 5.41) is 0. The van der Waals surface area contributed by atoms with Crippen LogP contribution in [0.4, 0.5) is 0 Å². The summed E-state index contributed by atoms with van der Waals surface area (Å²) < 4.78 is 34.4. The fourth-order valence-corrected chi connectivity index (χ4v) is 9.29. The maximum absolute atomic E-state index is 12.7. The first-order valence-electron chi connectivity index (χ1n) is 28.9. The van der Waals surface area contributed by atoms with Gasteiger partial charge < -0.3 is 18.9 Å². The lowest BCUT2D eigenvalue weighted by atomic mass is 10.0. The zero-order chi connectivity index (χ0) is 49.2. The van der Waals surface area contributed by atoms with Crippen molar-refractivity contribution < 1.29 is 42.1 Å². The summed E-state index contributed by atoms with van der Waals surface area (Å²) in [6.45, 7) is 4.40. The standard InChI is InChI=1S/C57H112NO8P/c1-6-8-10-12-14-16-18-19-20-21-22-23-24-25-26-27-28-29-30-31-32-33-34-35-36-37-38-39-40-42-43-45-47-49-56(59)63-53-55(54-65-67(61,62)64-52-51-58(3,4)5)66-57(60)50-48-46-44-41-17-15-13-11-9-7-2/h11,13,55H,6-10,12,14-54H2,1-5H3/p+1/b13-11-. The molecule has 0 rings (SSSR count). The van der Waals surface area contributed by atoms with Crippen LogP contribution >= 0.6 is 7.82 Å². The summed E-state index contributed by atoms with van der Waals surface area (Å²) in [5.41, 5.74) is 0. The third-order valence-electron chi connectivity index (χ3n) is 13.0. The van der Waals surface area contributed by atoms with Crippen molar-refractivity contribution in [2.24, 2.45) is 0 Å². The van der Waals surface area contributed by atoms with Crippen LogP contribution in [0.5, 0.6) is 0 Å². The highest BCUT2D eigenvalue weighted by Gasteiger charge is 2.27.